The Bertz CT molecular complexity index is 485. The second kappa shape index (κ2) is 6.12. The quantitative estimate of drug-likeness (QED) is 0.873. The molecule has 2 aromatic heterocycles. The summed E-state index contributed by atoms with van der Waals surface area (Å²) in [5, 5.41) is 0. The van der Waals surface area contributed by atoms with E-state index in [9.17, 15) is 0 Å². The summed E-state index contributed by atoms with van der Waals surface area (Å²) in [6.45, 7) is 2.50. The van der Waals surface area contributed by atoms with Crippen LogP contribution in [0, 0.1) is 0 Å². The van der Waals surface area contributed by atoms with Gasteiger partial charge in [-0.3, -0.25) is 4.98 Å². The lowest BCUT2D eigenvalue weighted by Gasteiger charge is -2.08. The molecule has 2 rings (SSSR count). The van der Waals surface area contributed by atoms with Crippen LogP contribution in [0.5, 0.6) is 5.88 Å². The molecule has 0 saturated carbocycles. The molecule has 0 aromatic carbocycles. The van der Waals surface area contributed by atoms with Gasteiger partial charge in [0.05, 0.1) is 6.61 Å². The van der Waals surface area contributed by atoms with Crippen molar-refractivity contribution in [3.8, 4) is 5.88 Å². The van der Waals surface area contributed by atoms with E-state index in [1.165, 1.54) is 0 Å². The Hall–Kier alpha value is -1.94. The second-order valence-electron chi connectivity index (χ2n) is 4.14. The van der Waals surface area contributed by atoms with Crippen LogP contribution >= 0.6 is 0 Å². The smallest absolute Gasteiger partial charge is 0.213 e. The Labute approximate surface area is 107 Å². The third kappa shape index (κ3) is 3.53. The van der Waals surface area contributed by atoms with Crippen molar-refractivity contribution in [2.45, 2.75) is 19.4 Å². The molecule has 4 heteroatoms. The maximum absolute atomic E-state index is 5.81. The van der Waals surface area contributed by atoms with Crippen LogP contribution in [0.4, 0.5) is 0 Å². The fourth-order valence-corrected chi connectivity index (χ4v) is 1.59. The van der Waals surface area contributed by atoms with Crippen LogP contribution in [0.1, 0.15) is 24.2 Å². The highest BCUT2D eigenvalue weighted by molar-refractivity contribution is 5.22. The first-order chi connectivity index (χ1) is 8.75. The normalized spacial score (nSPS) is 12.1. The molecule has 18 heavy (non-hydrogen) atoms. The van der Waals surface area contributed by atoms with Gasteiger partial charge in [0.15, 0.2) is 0 Å². The largest absolute Gasteiger partial charge is 0.477 e. The molecular formula is C14H17N3O. The molecule has 0 spiro atoms. The molecule has 0 unspecified atom stereocenters. The molecule has 2 aromatic rings. The summed E-state index contributed by atoms with van der Waals surface area (Å²) in [4.78, 5) is 8.39. The van der Waals surface area contributed by atoms with Gasteiger partial charge in [-0.15, -0.1) is 0 Å². The number of ether oxygens (including phenoxy) is 1. The summed E-state index contributed by atoms with van der Waals surface area (Å²) < 4.78 is 5.59. The maximum Gasteiger partial charge on any atom is 0.213 e. The molecule has 2 N–H and O–H groups in total. The van der Waals surface area contributed by atoms with Gasteiger partial charge in [0.2, 0.25) is 5.88 Å². The molecule has 0 aliphatic heterocycles. The van der Waals surface area contributed by atoms with Crippen molar-refractivity contribution in [3.05, 3.63) is 54.0 Å². The van der Waals surface area contributed by atoms with Crippen LogP contribution in [0.2, 0.25) is 0 Å². The van der Waals surface area contributed by atoms with Gasteiger partial charge in [-0.1, -0.05) is 6.07 Å². The zero-order chi connectivity index (χ0) is 12.8. The van der Waals surface area contributed by atoms with Crippen LogP contribution < -0.4 is 10.5 Å². The highest BCUT2D eigenvalue weighted by atomic mass is 16.5. The molecule has 0 amide bonds. The number of nitrogens with zero attached hydrogens (tertiary/aromatic N) is 2. The Morgan fingerprint density at radius 3 is 2.83 bits per heavy atom. The number of hydrogen-bond donors (Lipinski definition) is 1. The first-order valence-electron chi connectivity index (χ1n) is 6.00. The van der Waals surface area contributed by atoms with Crippen molar-refractivity contribution in [2.24, 2.45) is 5.73 Å². The van der Waals surface area contributed by atoms with Crippen molar-refractivity contribution >= 4 is 0 Å². The van der Waals surface area contributed by atoms with Gasteiger partial charge in [0.1, 0.15) is 0 Å². The summed E-state index contributed by atoms with van der Waals surface area (Å²) in [6.07, 6.45) is 4.27. The van der Waals surface area contributed by atoms with Crippen LogP contribution in [0.3, 0.4) is 0 Å². The van der Waals surface area contributed by atoms with E-state index in [1.807, 2.05) is 37.3 Å². The Kier molecular flexibility index (Phi) is 4.25. The summed E-state index contributed by atoms with van der Waals surface area (Å²) >= 11 is 0. The molecule has 0 aliphatic carbocycles. The number of hydrogen-bond acceptors (Lipinski definition) is 4. The zero-order valence-electron chi connectivity index (χ0n) is 10.4. The third-order valence-corrected chi connectivity index (χ3v) is 2.62. The molecule has 0 fully saturated rings. The van der Waals surface area contributed by atoms with Crippen molar-refractivity contribution in [2.75, 3.05) is 6.61 Å². The SMILES string of the molecule is C[C@@H](N)c1ccnc(OCCc2ccccn2)c1. The van der Waals surface area contributed by atoms with Crippen LogP contribution in [0.15, 0.2) is 42.7 Å². The lowest BCUT2D eigenvalue weighted by Crippen LogP contribution is -2.07. The third-order valence-electron chi connectivity index (χ3n) is 2.62. The zero-order valence-corrected chi connectivity index (χ0v) is 10.4. The van der Waals surface area contributed by atoms with Gasteiger partial charge in [-0.25, -0.2) is 4.98 Å². The monoisotopic (exact) mass is 243 g/mol. The first-order valence-corrected chi connectivity index (χ1v) is 6.00. The second-order valence-corrected chi connectivity index (χ2v) is 4.14. The molecular weight excluding hydrogens is 226 g/mol. The fraction of sp³-hybridized carbons (Fsp3) is 0.286. The highest BCUT2D eigenvalue weighted by Crippen LogP contribution is 2.14. The van der Waals surface area contributed by atoms with Gasteiger partial charge >= 0.3 is 0 Å². The maximum atomic E-state index is 5.81. The molecule has 0 saturated heterocycles. The van der Waals surface area contributed by atoms with Crippen LogP contribution in [-0.2, 0) is 6.42 Å². The minimum absolute atomic E-state index is 0.00820. The Morgan fingerprint density at radius 2 is 2.11 bits per heavy atom. The van der Waals surface area contributed by atoms with Gasteiger partial charge in [-0.05, 0) is 30.7 Å². The Balaban J connectivity index is 1.89. The van der Waals surface area contributed by atoms with E-state index >= 15 is 0 Å². The molecule has 4 nitrogen and oxygen atoms in total. The number of aromatic nitrogens is 2. The fourth-order valence-electron chi connectivity index (χ4n) is 1.59. The van der Waals surface area contributed by atoms with Gasteiger partial charge in [0.25, 0.3) is 0 Å². The molecule has 1 atom stereocenters. The van der Waals surface area contributed by atoms with E-state index in [0.29, 0.717) is 12.5 Å². The van der Waals surface area contributed by atoms with Crippen molar-refractivity contribution in [1.29, 1.82) is 0 Å². The highest BCUT2D eigenvalue weighted by Gasteiger charge is 2.02. The van der Waals surface area contributed by atoms with E-state index in [0.717, 1.165) is 17.7 Å². The summed E-state index contributed by atoms with van der Waals surface area (Å²) in [5.74, 6) is 0.612. The van der Waals surface area contributed by atoms with Gasteiger partial charge in [0, 0.05) is 36.6 Å². The van der Waals surface area contributed by atoms with Crippen LogP contribution in [0.25, 0.3) is 0 Å². The van der Waals surface area contributed by atoms with E-state index < -0.39 is 0 Å². The average molecular weight is 243 g/mol. The number of nitrogens with two attached hydrogens (primary N) is 1. The molecule has 0 bridgehead atoms. The van der Waals surface area contributed by atoms with Gasteiger partial charge in [-0.2, -0.15) is 0 Å². The molecule has 0 radical (unpaired) electrons. The van der Waals surface area contributed by atoms with E-state index in [1.54, 1.807) is 12.4 Å². The Morgan fingerprint density at radius 1 is 1.22 bits per heavy atom. The van der Waals surface area contributed by atoms with Crippen molar-refractivity contribution in [1.82, 2.24) is 9.97 Å². The molecule has 0 aliphatic rings. The predicted molar refractivity (Wildman–Crippen MR) is 70.3 cm³/mol. The van der Waals surface area contributed by atoms with E-state index in [-0.39, 0.29) is 6.04 Å². The van der Waals surface area contributed by atoms with E-state index in [2.05, 4.69) is 9.97 Å². The average Bonchev–Trinajstić information content (AvgIpc) is 2.40. The lowest BCUT2D eigenvalue weighted by molar-refractivity contribution is 0.307. The summed E-state index contributed by atoms with van der Waals surface area (Å²) in [7, 11) is 0. The predicted octanol–water partition coefficient (Wildman–Crippen LogP) is 2.12. The molecule has 2 heterocycles. The number of rotatable bonds is 5. The van der Waals surface area contributed by atoms with Gasteiger partial charge < -0.3 is 10.5 Å². The van der Waals surface area contributed by atoms with Crippen LogP contribution in [-0.4, -0.2) is 16.6 Å². The standard InChI is InChI=1S/C14H17N3O/c1-11(15)12-5-8-17-14(10-12)18-9-6-13-4-2-3-7-16-13/h2-5,7-8,10-11H,6,9,15H2,1H3/t11-/m1/s1. The number of pyridine rings is 2. The topological polar surface area (TPSA) is 61.0 Å². The van der Waals surface area contributed by atoms with Crippen molar-refractivity contribution < 1.29 is 4.74 Å². The summed E-state index contributed by atoms with van der Waals surface area (Å²) in [6, 6.07) is 9.62. The minimum Gasteiger partial charge on any atom is -0.477 e. The van der Waals surface area contributed by atoms with E-state index in [4.69, 9.17) is 10.5 Å². The first kappa shape index (κ1) is 12.5. The lowest BCUT2D eigenvalue weighted by atomic mass is 10.1. The minimum atomic E-state index is -0.00820. The molecule has 94 valence electrons. The van der Waals surface area contributed by atoms with Crippen molar-refractivity contribution in [3.63, 3.8) is 0 Å². The summed E-state index contributed by atoms with van der Waals surface area (Å²) in [5.41, 5.74) is 7.85.